The smallest absolute Gasteiger partial charge is 0.266 e. The van der Waals surface area contributed by atoms with Gasteiger partial charge in [-0.2, -0.15) is 0 Å². The zero-order chi connectivity index (χ0) is 19.2. The summed E-state index contributed by atoms with van der Waals surface area (Å²) in [6.07, 6.45) is 8.60. The number of nitrogens with zero attached hydrogens (tertiary/aromatic N) is 1. The molecular weight excluding hydrogens is 400 g/mol. The highest BCUT2D eigenvalue weighted by atomic mass is 35.5. The topological polar surface area (TPSA) is 49.4 Å². The van der Waals surface area contributed by atoms with Crippen LogP contribution < -0.4 is 5.32 Å². The molecule has 1 aliphatic heterocycles. The molecule has 1 heterocycles. The van der Waals surface area contributed by atoms with E-state index >= 15 is 0 Å². The normalized spacial score (nSPS) is 19.7. The number of rotatable bonds is 6. The van der Waals surface area contributed by atoms with E-state index in [0.717, 1.165) is 18.4 Å². The molecule has 0 radical (unpaired) electrons. The quantitative estimate of drug-likeness (QED) is 0.530. The van der Waals surface area contributed by atoms with Gasteiger partial charge in [0.15, 0.2) is 0 Å². The third-order valence-corrected chi connectivity index (χ3v) is 6.54. The Morgan fingerprint density at radius 3 is 2.78 bits per heavy atom. The van der Waals surface area contributed by atoms with E-state index in [0.29, 0.717) is 39.7 Å². The summed E-state index contributed by atoms with van der Waals surface area (Å²) in [6.45, 7) is 0.461. The Hall–Kier alpha value is -1.37. The van der Waals surface area contributed by atoms with E-state index in [-0.39, 0.29) is 11.8 Å². The average molecular weight is 423 g/mol. The van der Waals surface area contributed by atoms with Crippen molar-refractivity contribution < 1.29 is 9.59 Å². The van der Waals surface area contributed by atoms with Gasteiger partial charge in [-0.05, 0) is 37.0 Å². The summed E-state index contributed by atoms with van der Waals surface area (Å²) < 4.78 is 0.533. The van der Waals surface area contributed by atoms with Crippen molar-refractivity contribution in [2.75, 3.05) is 6.54 Å². The van der Waals surface area contributed by atoms with Crippen molar-refractivity contribution in [1.29, 1.82) is 0 Å². The molecule has 2 amide bonds. The Bertz CT molecular complexity index is 760. The molecule has 3 rings (SSSR count). The van der Waals surface area contributed by atoms with Crippen LogP contribution in [0.2, 0.25) is 5.02 Å². The number of carbonyl (C=O) groups is 2. The van der Waals surface area contributed by atoms with E-state index in [1.54, 1.807) is 17.0 Å². The summed E-state index contributed by atoms with van der Waals surface area (Å²) in [5, 5.41) is 3.71. The van der Waals surface area contributed by atoms with Gasteiger partial charge in [0.1, 0.15) is 4.32 Å². The largest absolute Gasteiger partial charge is 0.353 e. The van der Waals surface area contributed by atoms with Crippen molar-refractivity contribution in [3.63, 3.8) is 0 Å². The highest BCUT2D eigenvalue weighted by Crippen LogP contribution is 2.33. The summed E-state index contributed by atoms with van der Waals surface area (Å²) in [5.74, 6) is -0.0449. The number of carbonyl (C=O) groups excluding carboxylic acids is 2. The number of benzene rings is 1. The molecule has 1 aromatic carbocycles. The number of amides is 2. The molecule has 1 N–H and O–H groups in total. The number of thioether (sulfide) groups is 1. The van der Waals surface area contributed by atoms with Crippen molar-refractivity contribution in [1.82, 2.24) is 10.2 Å². The third kappa shape index (κ3) is 5.56. The van der Waals surface area contributed by atoms with Crippen LogP contribution in [-0.2, 0) is 9.59 Å². The van der Waals surface area contributed by atoms with E-state index in [4.69, 9.17) is 23.8 Å². The average Bonchev–Trinajstić information content (AvgIpc) is 2.92. The van der Waals surface area contributed by atoms with E-state index in [1.165, 1.54) is 31.0 Å². The molecule has 1 saturated carbocycles. The van der Waals surface area contributed by atoms with Crippen molar-refractivity contribution in [3.8, 4) is 0 Å². The van der Waals surface area contributed by atoms with E-state index < -0.39 is 0 Å². The standard InChI is InChI=1S/C20H23ClN2O2S2/c21-16-10-5-4-7-14(16)13-17-19(25)23(20(26)27-17)12-6-11-18(24)22-15-8-2-1-3-9-15/h4-5,7,10,13,15H,1-3,6,8-9,11-12H2,(H,22,24)/b17-13+. The van der Waals surface area contributed by atoms with Crippen molar-refractivity contribution in [2.45, 2.75) is 51.0 Å². The molecule has 2 fully saturated rings. The van der Waals surface area contributed by atoms with Gasteiger partial charge in [0.2, 0.25) is 5.91 Å². The minimum absolute atomic E-state index is 0.0685. The van der Waals surface area contributed by atoms with Crippen LogP contribution in [-0.4, -0.2) is 33.6 Å². The SMILES string of the molecule is O=C(CCCN1C(=O)/C(=C\c2ccccc2Cl)SC1=S)NC1CCCCC1. The second-order valence-electron chi connectivity index (χ2n) is 6.86. The first-order valence-electron chi connectivity index (χ1n) is 9.34. The lowest BCUT2D eigenvalue weighted by molar-refractivity contribution is -0.124. The van der Waals surface area contributed by atoms with Crippen molar-refractivity contribution in [3.05, 3.63) is 39.8 Å². The predicted molar refractivity (Wildman–Crippen MR) is 116 cm³/mol. The molecule has 2 aliphatic rings. The van der Waals surface area contributed by atoms with E-state index in [2.05, 4.69) is 5.32 Å². The van der Waals surface area contributed by atoms with Gasteiger partial charge < -0.3 is 5.32 Å². The Kier molecular flexibility index (Phi) is 7.33. The van der Waals surface area contributed by atoms with Crippen molar-refractivity contribution in [2.24, 2.45) is 0 Å². The Morgan fingerprint density at radius 2 is 2.04 bits per heavy atom. The first-order chi connectivity index (χ1) is 13.0. The van der Waals surface area contributed by atoms with Gasteiger partial charge in [0.25, 0.3) is 5.91 Å². The van der Waals surface area contributed by atoms with Gasteiger partial charge in [-0.25, -0.2) is 0 Å². The molecule has 7 heteroatoms. The summed E-state index contributed by atoms with van der Waals surface area (Å²) in [6, 6.07) is 7.71. The number of hydrogen-bond donors (Lipinski definition) is 1. The Morgan fingerprint density at radius 1 is 1.30 bits per heavy atom. The van der Waals surface area contributed by atoms with E-state index in [1.807, 2.05) is 18.2 Å². The lowest BCUT2D eigenvalue weighted by Gasteiger charge is -2.23. The number of halogens is 1. The highest BCUT2D eigenvalue weighted by molar-refractivity contribution is 8.26. The van der Waals surface area contributed by atoms with Gasteiger partial charge in [0, 0.05) is 24.0 Å². The van der Waals surface area contributed by atoms with Gasteiger partial charge in [-0.15, -0.1) is 0 Å². The summed E-state index contributed by atoms with van der Waals surface area (Å²) in [4.78, 5) is 26.9. The molecular formula is C20H23ClN2O2S2. The molecule has 0 aromatic heterocycles. The lowest BCUT2D eigenvalue weighted by Crippen LogP contribution is -2.36. The molecule has 1 aliphatic carbocycles. The summed E-state index contributed by atoms with van der Waals surface area (Å²) in [5.41, 5.74) is 0.798. The molecule has 1 saturated heterocycles. The van der Waals surface area contributed by atoms with Crippen LogP contribution in [0.5, 0.6) is 0 Å². The zero-order valence-electron chi connectivity index (χ0n) is 15.1. The van der Waals surface area contributed by atoms with Crippen LogP contribution in [0.4, 0.5) is 0 Å². The monoisotopic (exact) mass is 422 g/mol. The van der Waals surface area contributed by atoms with E-state index in [9.17, 15) is 9.59 Å². The number of thiocarbonyl (C=S) groups is 1. The van der Waals surface area contributed by atoms with Gasteiger partial charge in [-0.1, -0.05) is 73.0 Å². The zero-order valence-corrected chi connectivity index (χ0v) is 17.5. The second kappa shape index (κ2) is 9.71. The molecule has 0 spiro atoms. The highest BCUT2D eigenvalue weighted by Gasteiger charge is 2.31. The van der Waals surface area contributed by atoms with Crippen LogP contribution in [0.15, 0.2) is 29.2 Å². The van der Waals surface area contributed by atoms with Gasteiger partial charge in [-0.3, -0.25) is 14.5 Å². The van der Waals surface area contributed by atoms with Gasteiger partial charge in [0.05, 0.1) is 4.91 Å². The first-order valence-corrected chi connectivity index (χ1v) is 10.9. The van der Waals surface area contributed by atoms with Crippen molar-refractivity contribution >= 4 is 57.8 Å². The third-order valence-electron chi connectivity index (χ3n) is 4.82. The second-order valence-corrected chi connectivity index (χ2v) is 8.94. The molecule has 0 unspecified atom stereocenters. The molecule has 144 valence electrons. The molecule has 4 nitrogen and oxygen atoms in total. The maximum Gasteiger partial charge on any atom is 0.266 e. The molecule has 1 aromatic rings. The minimum Gasteiger partial charge on any atom is -0.353 e. The molecule has 27 heavy (non-hydrogen) atoms. The van der Waals surface area contributed by atoms with Crippen LogP contribution in [0, 0.1) is 0 Å². The van der Waals surface area contributed by atoms with Crippen LogP contribution in [0.3, 0.4) is 0 Å². The Labute approximate surface area is 174 Å². The summed E-state index contributed by atoms with van der Waals surface area (Å²) in [7, 11) is 0. The maximum absolute atomic E-state index is 12.6. The summed E-state index contributed by atoms with van der Waals surface area (Å²) >= 11 is 12.8. The predicted octanol–water partition coefficient (Wildman–Crippen LogP) is 4.77. The Balaban J connectivity index is 1.50. The fourth-order valence-electron chi connectivity index (χ4n) is 3.37. The van der Waals surface area contributed by atoms with Crippen LogP contribution in [0.1, 0.15) is 50.5 Å². The van der Waals surface area contributed by atoms with Crippen LogP contribution in [0.25, 0.3) is 6.08 Å². The number of hydrogen-bond acceptors (Lipinski definition) is 4. The molecule has 0 bridgehead atoms. The van der Waals surface area contributed by atoms with Crippen LogP contribution >= 0.6 is 35.6 Å². The van der Waals surface area contributed by atoms with Gasteiger partial charge >= 0.3 is 0 Å². The fourth-order valence-corrected chi connectivity index (χ4v) is 4.86. The maximum atomic E-state index is 12.6. The molecule has 0 atom stereocenters. The number of nitrogens with one attached hydrogen (secondary N) is 1. The lowest BCUT2D eigenvalue weighted by atomic mass is 9.95. The first kappa shape index (κ1) is 20.4. The minimum atomic E-state index is -0.113. The fraction of sp³-hybridized carbons (Fsp3) is 0.450.